The van der Waals surface area contributed by atoms with Crippen LogP contribution in [0.15, 0.2) is 24.3 Å². The second-order valence-corrected chi connectivity index (χ2v) is 6.87. The van der Waals surface area contributed by atoms with E-state index < -0.39 is 17.7 Å². The van der Waals surface area contributed by atoms with Crippen LogP contribution in [-0.2, 0) is 14.3 Å². The number of nitrogens with one attached hydrogen (secondary N) is 1. The highest BCUT2D eigenvalue weighted by Gasteiger charge is 2.32. The zero-order valence-corrected chi connectivity index (χ0v) is 15.0. The molecule has 1 aromatic rings. The molecular formula is C18H24N2O5. The molecule has 136 valence electrons. The van der Waals surface area contributed by atoms with Crippen LogP contribution in [0.5, 0.6) is 5.75 Å². The van der Waals surface area contributed by atoms with Crippen molar-refractivity contribution in [1.82, 2.24) is 10.2 Å². The number of carbonyl (C=O) groups excluding carboxylic acids is 3. The van der Waals surface area contributed by atoms with E-state index in [1.54, 1.807) is 52.1 Å². The van der Waals surface area contributed by atoms with Crippen molar-refractivity contribution in [3.8, 4) is 5.75 Å². The largest absolute Gasteiger partial charge is 0.497 e. The van der Waals surface area contributed by atoms with Crippen LogP contribution in [0.2, 0.25) is 0 Å². The number of benzene rings is 1. The summed E-state index contributed by atoms with van der Waals surface area (Å²) in [6, 6.07) is 6.52. The fourth-order valence-electron chi connectivity index (χ4n) is 2.53. The summed E-state index contributed by atoms with van der Waals surface area (Å²) in [5, 5.41) is 2.75. The number of ether oxygens (including phenoxy) is 2. The molecule has 7 nitrogen and oxygen atoms in total. The second-order valence-electron chi connectivity index (χ2n) is 6.87. The summed E-state index contributed by atoms with van der Waals surface area (Å²) in [7, 11) is 1.56. The van der Waals surface area contributed by atoms with E-state index in [1.807, 2.05) is 0 Å². The molecule has 25 heavy (non-hydrogen) atoms. The smallest absolute Gasteiger partial charge is 0.408 e. The molecule has 0 saturated carbocycles. The Morgan fingerprint density at radius 2 is 1.72 bits per heavy atom. The van der Waals surface area contributed by atoms with Crippen LogP contribution >= 0.6 is 0 Å². The molecule has 1 N–H and O–H groups in total. The van der Waals surface area contributed by atoms with E-state index in [0.717, 1.165) is 5.56 Å². The molecule has 0 aliphatic carbocycles. The molecule has 1 heterocycles. The quantitative estimate of drug-likeness (QED) is 0.826. The normalized spacial score (nSPS) is 15.9. The summed E-state index contributed by atoms with van der Waals surface area (Å²) >= 11 is 0. The minimum absolute atomic E-state index is 0.0727. The van der Waals surface area contributed by atoms with Crippen LogP contribution in [0.3, 0.4) is 0 Å². The Morgan fingerprint density at radius 3 is 2.20 bits per heavy atom. The maximum Gasteiger partial charge on any atom is 0.408 e. The number of rotatable bonds is 5. The zero-order valence-electron chi connectivity index (χ0n) is 15.0. The number of hydrogen-bond donors (Lipinski definition) is 1. The van der Waals surface area contributed by atoms with Crippen LogP contribution in [0.1, 0.15) is 45.2 Å². The second kappa shape index (κ2) is 7.55. The van der Waals surface area contributed by atoms with Crippen molar-refractivity contribution < 1.29 is 23.9 Å². The van der Waals surface area contributed by atoms with Gasteiger partial charge < -0.3 is 14.8 Å². The molecule has 0 spiro atoms. The van der Waals surface area contributed by atoms with E-state index in [9.17, 15) is 14.4 Å². The average Bonchev–Trinajstić information content (AvgIpc) is 2.84. The van der Waals surface area contributed by atoms with Crippen molar-refractivity contribution in [2.24, 2.45) is 0 Å². The molecule has 1 aliphatic heterocycles. The third kappa shape index (κ3) is 5.20. The highest BCUT2D eigenvalue weighted by Crippen LogP contribution is 2.22. The maximum atomic E-state index is 12.2. The van der Waals surface area contributed by atoms with Gasteiger partial charge in [0.25, 0.3) is 0 Å². The first kappa shape index (κ1) is 18.8. The van der Waals surface area contributed by atoms with Gasteiger partial charge >= 0.3 is 6.09 Å². The summed E-state index contributed by atoms with van der Waals surface area (Å²) in [4.78, 5) is 37.2. The first-order chi connectivity index (χ1) is 11.7. The molecule has 0 aromatic heterocycles. The highest BCUT2D eigenvalue weighted by molar-refractivity contribution is 6.02. The number of carbonyl (C=O) groups is 3. The maximum absolute atomic E-state index is 12.2. The van der Waals surface area contributed by atoms with Gasteiger partial charge in [0.2, 0.25) is 11.8 Å². The molecule has 1 saturated heterocycles. The van der Waals surface area contributed by atoms with E-state index in [-0.39, 0.29) is 31.2 Å². The number of likely N-dealkylation sites (tertiary alicyclic amines) is 1. The topological polar surface area (TPSA) is 84.9 Å². The summed E-state index contributed by atoms with van der Waals surface area (Å²) in [6.07, 6.45) is -0.186. The summed E-state index contributed by atoms with van der Waals surface area (Å²) in [5.41, 5.74) is 0.104. The first-order valence-corrected chi connectivity index (χ1v) is 8.16. The predicted octanol–water partition coefficient (Wildman–Crippen LogP) is 2.41. The van der Waals surface area contributed by atoms with E-state index in [1.165, 1.54) is 4.90 Å². The predicted molar refractivity (Wildman–Crippen MR) is 91.1 cm³/mol. The van der Waals surface area contributed by atoms with Crippen molar-refractivity contribution in [3.63, 3.8) is 0 Å². The van der Waals surface area contributed by atoms with Gasteiger partial charge in [0.05, 0.1) is 19.7 Å². The Bertz CT molecular complexity index is 632. The van der Waals surface area contributed by atoms with Crippen LogP contribution in [0, 0.1) is 0 Å². The minimum atomic E-state index is -0.645. The molecule has 1 fully saturated rings. The van der Waals surface area contributed by atoms with E-state index >= 15 is 0 Å². The van der Waals surface area contributed by atoms with Gasteiger partial charge in [-0.2, -0.15) is 0 Å². The third-order valence-corrected chi connectivity index (χ3v) is 3.73. The standard InChI is InChI=1S/C18H24N2O5/c1-18(2,3)25-17(23)19-14(11-20-15(21)9-10-16(20)22)12-5-7-13(24-4)8-6-12/h5-8,14H,9-11H2,1-4H3,(H,19,23). The number of alkyl carbamates (subject to hydrolysis) is 1. The number of hydrogen-bond acceptors (Lipinski definition) is 5. The van der Waals surface area contributed by atoms with Crippen LogP contribution in [0.25, 0.3) is 0 Å². The van der Waals surface area contributed by atoms with Crippen molar-refractivity contribution >= 4 is 17.9 Å². The van der Waals surface area contributed by atoms with Gasteiger partial charge in [0.1, 0.15) is 11.4 Å². The van der Waals surface area contributed by atoms with Gasteiger partial charge in [0.15, 0.2) is 0 Å². The monoisotopic (exact) mass is 348 g/mol. The molecule has 1 aromatic carbocycles. The van der Waals surface area contributed by atoms with Gasteiger partial charge in [-0.05, 0) is 38.5 Å². The van der Waals surface area contributed by atoms with Gasteiger partial charge in [-0.1, -0.05) is 12.1 Å². The average molecular weight is 348 g/mol. The number of imide groups is 1. The lowest BCUT2D eigenvalue weighted by atomic mass is 10.1. The molecular weight excluding hydrogens is 324 g/mol. The van der Waals surface area contributed by atoms with Crippen LogP contribution < -0.4 is 10.1 Å². The lowest BCUT2D eigenvalue weighted by Gasteiger charge is -2.26. The number of nitrogens with zero attached hydrogens (tertiary/aromatic N) is 1. The van der Waals surface area contributed by atoms with Gasteiger partial charge in [0, 0.05) is 12.8 Å². The molecule has 1 unspecified atom stereocenters. The molecule has 3 amide bonds. The molecule has 1 atom stereocenters. The molecule has 7 heteroatoms. The fraction of sp³-hybridized carbons (Fsp3) is 0.500. The van der Waals surface area contributed by atoms with Crippen molar-refractivity contribution in [2.75, 3.05) is 13.7 Å². The van der Waals surface area contributed by atoms with Crippen molar-refractivity contribution in [1.29, 1.82) is 0 Å². The summed E-state index contributed by atoms with van der Waals surface area (Å²) in [5.74, 6) is 0.220. The molecule has 0 radical (unpaired) electrons. The Kier molecular flexibility index (Phi) is 5.66. The molecule has 2 rings (SSSR count). The Morgan fingerprint density at radius 1 is 1.16 bits per heavy atom. The summed E-state index contributed by atoms with van der Waals surface area (Å²) < 4.78 is 10.4. The highest BCUT2D eigenvalue weighted by atomic mass is 16.6. The first-order valence-electron chi connectivity index (χ1n) is 8.16. The molecule has 0 bridgehead atoms. The SMILES string of the molecule is COc1ccc(C(CN2C(=O)CCC2=O)NC(=O)OC(C)(C)C)cc1. The van der Waals surface area contributed by atoms with Crippen molar-refractivity contribution in [3.05, 3.63) is 29.8 Å². The van der Waals surface area contributed by atoms with Gasteiger partial charge in [-0.15, -0.1) is 0 Å². The Hall–Kier alpha value is -2.57. The Balaban J connectivity index is 2.19. The number of methoxy groups -OCH3 is 1. The van der Waals surface area contributed by atoms with E-state index in [0.29, 0.717) is 5.75 Å². The van der Waals surface area contributed by atoms with Crippen molar-refractivity contribution in [2.45, 2.75) is 45.3 Å². The zero-order chi connectivity index (χ0) is 18.6. The van der Waals surface area contributed by atoms with Gasteiger partial charge in [-0.3, -0.25) is 14.5 Å². The Labute approximate surface area is 147 Å². The minimum Gasteiger partial charge on any atom is -0.497 e. The fourth-order valence-corrected chi connectivity index (χ4v) is 2.53. The lowest BCUT2D eigenvalue weighted by molar-refractivity contribution is -0.138. The third-order valence-electron chi connectivity index (χ3n) is 3.73. The summed E-state index contributed by atoms with van der Waals surface area (Å²) in [6.45, 7) is 5.37. The van der Waals surface area contributed by atoms with Crippen LogP contribution in [0.4, 0.5) is 4.79 Å². The molecule has 1 aliphatic rings. The number of amides is 3. The lowest BCUT2D eigenvalue weighted by Crippen LogP contribution is -2.42. The van der Waals surface area contributed by atoms with Crippen LogP contribution in [-0.4, -0.2) is 42.1 Å². The van der Waals surface area contributed by atoms with E-state index in [2.05, 4.69) is 5.32 Å². The van der Waals surface area contributed by atoms with Gasteiger partial charge in [-0.25, -0.2) is 4.79 Å². The van der Waals surface area contributed by atoms with E-state index in [4.69, 9.17) is 9.47 Å².